The van der Waals surface area contributed by atoms with Crippen LogP contribution >= 0.6 is 0 Å². The molecule has 6 nitrogen and oxygen atoms in total. The number of nitro groups is 1. The predicted octanol–water partition coefficient (Wildman–Crippen LogP) is 4.60. The first-order chi connectivity index (χ1) is 12.0. The largest absolute Gasteiger partial charge is 0.495 e. The number of para-hydroxylation sites is 1. The molecule has 2 rings (SSSR count). The van der Waals surface area contributed by atoms with Gasteiger partial charge in [0.1, 0.15) is 17.4 Å². The molecule has 1 N–H and O–H groups in total. The highest BCUT2D eigenvalue weighted by molar-refractivity contribution is 5.51. The van der Waals surface area contributed by atoms with Crippen molar-refractivity contribution in [3.05, 3.63) is 62.9 Å². The molecule has 1 aliphatic heterocycles. The third-order valence-electron chi connectivity index (χ3n) is 4.01. The van der Waals surface area contributed by atoms with E-state index in [-0.39, 0.29) is 10.6 Å². The number of dihydropyridines is 1. The van der Waals surface area contributed by atoms with E-state index in [0.717, 1.165) is 24.2 Å². The first-order valence-corrected chi connectivity index (χ1v) is 8.68. The first kappa shape index (κ1) is 18.8. The van der Waals surface area contributed by atoms with Gasteiger partial charge in [-0.2, -0.15) is 0 Å². The Labute approximate surface area is 148 Å². The van der Waals surface area contributed by atoms with E-state index in [9.17, 15) is 10.1 Å². The van der Waals surface area contributed by atoms with Gasteiger partial charge < -0.3 is 14.8 Å². The molecule has 6 heteroatoms. The molecular formula is C19H26N2O4. The van der Waals surface area contributed by atoms with Crippen LogP contribution in [-0.2, 0) is 9.47 Å². The molecule has 25 heavy (non-hydrogen) atoms. The Kier molecular flexibility index (Phi) is 6.44. The molecular weight excluding hydrogens is 320 g/mol. The summed E-state index contributed by atoms with van der Waals surface area (Å²) in [4.78, 5) is 11.2. The Balaban J connectivity index is 2.58. The van der Waals surface area contributed by atoms with Crippen LogP contribution in [-0.4, -0.2) is 18.1 Å². The third-order valence-corrected chi connectivity index (χ3v) is 4.01. The van der Waals surface area contributed by atoms with Crippen LogP contribution in [0.1, 0.15) is 52.0 Å². The summed E-state index contributed by atoms with van der Waals surface area (Å²) in [5, 5.41) is 14.8. The quantitative estimate of drug-likeness (QED) is 0.550. The highest BCUT2D eigenvalue weighted by Gasteiger charge is 2.36. The van der Waals surface area contributed by atoms with E-state index in [4.69, 9.17) is 9.47 Å². The number of nitro benzene ring substituents is 1. The van der Waals surface area contributed by atoms with Crippen molar-refractivity contribution in [3.8, 4) is 0 Å². The third kappa shape index (κ3) is 4.13. The Morgan fingerprint density at radius 1 is 1.04 bits per heavy atom. The van der Waals surface area contributed by atoms with Gasteiger partial charge in [-0.25, -0.2) is 0 Å². The van der Waals surface area contributed by atoms with Gasteiger partial charge >= 0.3 is 0 Å². The number of benzene rings is 1. The molecule has 0 radical (unpaired) electrons. The molecule has 0 amide bonds. The first-order valence-electron chi connectivity index (χ1n) is 8.68. The summed E-state index contributed by atoms with van der Waals surface area (Å²) in [6.07, 6.45) is 1.71. The van der Waals surface area contributed by atoms with Gasteiger partial charge in [-0.15, -0.1) is 0 Å². The van der Waals surface area contributed by atoms with E-state index in [1.165, 1.54) is 6.07 Å². The molecule has 0 spiro atoms. The summed E-state index contributed by atoms with van der Waals surface area (Å²) >= 11 is 0. The normalized spacial score (nSPS) is 15.2. The van der Waals surface area contributed by atoms with Gasteiger partial charge in [0.05, 0.1) is 29.5 Å². The molecule has 0 saturated heterocycles. The predicted molar refractivity (Wildman–Crippen MR) is 96.9 cm³/mol. The number of hydrogen-bond donors (Lipinski definition) is 1. The van der Waals surface area contributed by atoms with Crippen LogP contribution in [0.4, 0.5) is 5.69 Å². The van der Waals surface area contributed by atoms with E-state index in [1.807, 2.05) is 33.8 Å². The highest BCUT2D eigenvalue weighted by Crippen LogP contribution is 2.42. The summed E-state index contributed by atoms with van der Waals surface area (Å²) in [5.74, 6) is 0.960. The molecule has 1 aromatic carbocycles. The number of nitrogens with one attached hydrogen (secondary N) is 1. The maximum absolute atomic E-state index is 11.5. The number of ether oxygens (including phenoxy) is 2. The molecule has 0 atom stereocenters. The second kappa shape index (κ2) is 8.55. The zero-order valence-corrected chi connectivity index (χ0v) is 15.3. The molecule has 136 valence electrons. The minimum Gasteiger partial charge on any atom is -0.495 e. The number of nitrogens with zero attached hydrogens (tertiary/aromatic N) is 1. The van der Waals surface area contributed by atoms with Crippen LogP contribution in [0.15, 0.2) is 47.2 Å². The van der Waals surface area contributed by atoms with Crippen molar-refractivity contribution in [1.82, 2.24) is 5.32 Å². The van der Waals surface area contributed by atoms with E-state index in [0.29, 0.717) is 30.3 Å². The van der Waals surface area contributed by atoms with Crippen LogP contribution in [0.2, 0.25) is 0 Å². The van der Waals surface area contributed by atoms with Gasteiger partial charge in [0.2, 0.25) is 0 Å². The molecule has 1 aromatic rings. The summed E-state index contributed by atoms with van der Waals surface area (Å²) in [6.45, 7) is 9.00. The second-order valence-corrected chi connectivity index (χ2v) is 6.05. The topological polar surface area (TPSA) is 73.6 Å². The molecule has 0 aliphatic carbocycles. The Morgan fingerprint density at radius 3 is 2.04 bits per heavy atom. The number of rotatable bonds is 8. The fraction of sp³-hybridized carbons (Fsp3) is 0.474. The smallest absolute Gasteiger partial charge is 0.273 e. The van der Waals surface area contributed by atoms with Crippen molar-refractivity contribution < 1.29 is 14.4 Å². The average molecular weight is 346 g/mol. The second-order valence-electron chi connectivity index (χ2n) is 6.05. The summed E-state index contributed by atoms with van der Waals surface area (Å²) in [7, 11) is 0. The van der Waals surface area contributed by atoms with Crippen molar-refractivity contribution in [1.29, 1.82) is 0 Å². The van der Waals surface area contributed by atoms with Gasteiger partial charge in [0.25, 0.3) is 5.69 Å². The summed E-state index contributed by atoms with van der Waals surface area (Å²) in [5.41, 5.74) is 2.38. The Hall–Kier alpha value is -2.50. The minimum absolute atomic E-state index is 0.0743. The standard InChI is InChI=1S/C19H26N2O4/c1-5-11-24-18-13(3)20-14(4)19(25-12-6-2)17(18)15-9-7-8-10-16(15)21(22)23/h7-10,17,20H,5-6,11-12H2,1-4H3. The van der Waals surface area contributed by atoms with Crippen molar-refractivity contribution in [2.24, 2.45) is 0 Å². The van der Waals surface area contributed by atoms with E-state index in [2.05, 4.69) is 5.32 Å². The minimum atomic E-state index is -0.416. The molecule has 0 bridgehead atoms. The van der Waals surface area contributed by atoms with Crippen LogP contribution in [0.3, 0.4) is 0 Å². The average Bonchev–Trinajstić information content (AvgIpc) is 2.59. The monoisotopic (exact) mass is 346 g/mol. The van der Waals surface area contributed by atoms with Gasteiger partial charge in [0, 0.05) is 11.6 Å². The van der Waals surface area contributed by atoms with Crippen LogP contribution in [0, 0.1) is 10.1 Å². The maximum Gasteiger partial charge on any atom is 0.273 e. The lowest BCUT2D eigenvalue weighted by molar-refractivity contribution is -0.385. The summed E-state index contributed by atoms with van der Waals surface area (Å²) in [6, 6.07) is 6.79. The zero-order valence-electron chi connectivity index (χ0n) is 15.3. The van der Waals surface area contributed by atoms with Gasteiger partial charge in [-0.3, -0.25) is 10.1 Å². The fourth-order valence-corrected chi connectivity index (χ4v) is 2.94. The molecule has 0 unspecified atom stereocenters. The van der Waals surface area contributed by atoms with Crippen LogP contribution in [0.5, 0.6) is 0 Å². The highest BCUT2D eigenvalue weighted by atomic mass is 16.6. The SMILES string of the molecule is CCCOC1=C(C)NC(C)=C(OCCC)C1c1ccccc1[N+](=O)[O-]. The fourth-order valence-electron chi connectivity index (χ4n) is 2.94. The van der Waals surface area contributed by atoms with Gasteiger partial charge in [-0.1, -0.05) is 32.0 Å². The number of hydrogen-bond acceptors (Lipinski definition) is 5. The Bertz CT molecular complexity index is 664. The Morgan fingerprint density at radius 2 is 1.56 bits per heavy atom. The zero-order chi connectivity index (χ0) is 18.4. The van der Waals surface area contributed by atoms with Crippen molar-refractivity contribution in [2.75, 3.05) is 13.2 Å². The lowest BCUT2D eigenvalue weighted by Gasteiger charge is -2.31. The van der Waals surface area contributed by atoms with Crippen molar-refractivity contribution in [3.63, 3.8) is 0 Å². The lowest BCUT2D eigenvalue weighted by atomic mass is 9.89. The van der Waals surface area contributed by atoms with E-state index in [1.54, 1.807) is 12.1 Å². The van der Waals surface area contributed by atoms with Crippen LogP contribution < -0.4 is 5.32 Å². The molecule has 0 fully saturated rings. The van der Waals surface area contributed by atoms with Crippen molar-refractivity contribution >= 4 is 5.69 Å². The number of allylic oxidation sites excluding steroid dienone is 2. The van der Waals surface area contributed by atoms with Gasteiger partial charge in [-0.05, 0) is 26.7 Å². The molecule has 0 aromatic heterocycles. The van der Waals surface area contributed by atoms with E-state index >= 15 is 0 Å². The lowest BCUT2D eigenvalue weighted by Crippen LogP contribution is -2.27. The van der Waals surface area contributed by atoms with Gasteiger partial charge in [0.15, 0.2) is 0 Å². The van der Waals surface area contributed by atoms with E-state index < -0.39 is 5.92 Å². The maximum atomic E-state index is 11.5. The molecule has 1 heterocycles. The molecule has 0 saturated carbocycles. The summed E-state index contributed by atoms with van der Waals surface area (Å²) < 4.78 is 12.0. The molecule has 1 aliphatic rings. The van der Waals surface area contributed by atoms with Crippen molar-refractivity contribution in [2.45, 2.75) is 46.5 Å². The van der Waals surface area contributed by atoms with Crippen LogP contribution in [0.25, 0.3) is 0 Å².